The van der Waals surface area contributed by atoms with Crippen molar-refractivity contribution in [3.8, 4) is 11.3 Å². The normalized spacial score (nSPS) is 12.3. The van der Waals surface area contributed by atoms with Gasteiger partial charge in [-0.2, -0.15) is 0 Å². The van der Waals surface area contributed by atoms with E-state index in [1.165, 1.54) is 0 Å². The number of fused-ring (bicyclic) bond motifs is 2. The summed E-state index contributed by atoms with van der Waals surface area (Å²) in [7, 11) is 0. The molecule has 5 heteroatoms. The zero-order valence-electron chi connectivity index (χ0n) is 14.5. The van der Waals surface area contributed by atoms with Gasteiger partial charge in [-0.05, 0) is 19.4 Å². The van der Waals surface area contributed by atoms with Crippen LogP contribution < -0.4 is 10.6 Å². The number of benzene rings is 2. The summed E-state index contributed by atoms with van der Waals surface area (Å²) in [5.41, 5.74) is 4.61. The average Bonchev–Trinajstić information content (AvgIpc) is 3.07. The van der Waals surface area contributed by atoms with Gasteiger partial charge in [-0.3, -0.25) is 4.79 Å². The zero-order chi connectivity index (χ0) is 17.4. The molecule has 4 rings (SSSR count). The first-order chi connectivity index (χ1) is 12.3. The topological polar surface area (TPSA) is 67.2 Å². The number of unbranched alkanes of at least 4 members (excludes halogenated alkanes) is 1. The third kappa shape index (κ3) is 2.38. The van der Waals surface area contributed by atoms with E-state index >= 15 is 0 Å². The quantitative estimate of drug-likeness (QED) is 0.501. The fraction of sp³-hybridized carbons (Fsp3) is 0.300. The van der Waals surface area contributed by atoms with Crippen molar-refractivity contribution < 1.29 is 9.32 Å². The molecule has 0 saturated carbocycles. The molecule has 1 heterocycles. The number of nitrogens with zero attached hydrogens (tertiary/aromatic N) is 1. The summed E-state index contributed by atoms with van der Waals surface area (Å²) in [5, 5.41) is 11.9. The Bertz CT molecular complexity index is 959. The first-order valence-electron chi connectivity index (χ1n) is 8.84. The predicted molar refractivity (Wildman–Crippen MR) is 100 cm³/mol. The molecule has 0 bridgehead atoms. The largest absolute Gasteiger partial charge is 0.385 e. The number of anilines is 2. The molecule has 1 aliphatic rings. The van der Waals surface area contributed by atoms with Crippen molar-refractivity contribution in [1.29, 1.82) is 0 Å². The van der Waals surface area contributed by atoms with Crippen LogP contribution in [0.25, 0.3) is 22.2 Å². The van der Waals surface area contributed by atoms with E-state index in [-0.39, 0.29) is 5.78 Å². The standard InChI is InChI=1S/C20H21N3O2/c1-3-5-10-22-15-11-14(21-4-2)16-17-18(15)23-25-20(17)13-9-7-6-8-12(13)19(16)24/h6-9,11,21-22H,3-5,10H2,1-2H3. The Labute approximate surface area is 146 Å². The Morgan fingerprint density at radius 1 is 1.08 bits per heavy atom. The highest BCUT2D eigenvalue weighted by Gasteiger charge is 2.32. The van der Waals surface area contributed by atoms with E-state index in [1.54, 1.807) is 0 Å². The van der Waals surface area contributed by atoms with Crippen molar-refractivity contribution >= 4 is 28.1 Å². The lowest BCUT2D eigenvalue weighted by Crippen LogP contribution is -2.14. The molecule has 1 aromatic heterocycles. The van der Waals surface area contributed by atoms with Gasteiger partial charge in [0.1, 0.15) is 5.52 Å². The number of ketones is 1. The number of hydrogen-bond acceptors (Lipinski definition) is 5. The second-order valence-electron chi connectivity index (χ2n) is 6.27. The van der Waals surface area contributed by atoms with Crippen molar-refractivity contribution in [3.63, 3.8) is 0 Å². The first-order valence-corrected chi connectivity index (χ1v) is 8.84. The lowest BCUT2D eigenvalue weighted by atomic mass is 9.86. The SMILES string of the molecule is CCCCNc1cc(NCC)c2c3c(onc13)-c1ccccc1C2=O. The van der Waals surface area contributed by atoms with Crippen molar-refractivity contribution in [2.24, 2.45) is 0 Å². The van der Waals surface area contributed by atoms with Gasteiger partial charge in [-0.15, -0.1) is 0 Å². The summed E-state index contributed by atoms with van der Waals surface area (Å²) in [5.74, 6) is 0.700. The molecule has 2 N–H and O–H groups in total. The molecule has 3 aromatic rings. The van der Waals surface area contributed by atoms with Crippen LogP contribution in [-0.4, -0.2) is 24.0 Å². The molecule has 5 nitrogen and oxygen atoms in total. The predicted octanol–water partition coefficient (Wildman–Crippen LogP) is 4.68. The molecule has 128 valence electrons. The monoisotopic (exact) mass is 335 g/mol. The number of carbonyl (C=O) groups excluding carboxylic acids is 1. The van der Waals surface area contributed by atoms with Gasteiger partial charge in [-0.25, -0.2) is 0 Å². The molecule has 0 saturated heterocycles. The number of rotatable bonds is 6. The summed E-state index contributed by atoms with van der Waals surface area (Å²) >= 11 is 0. The summed E-state index contributed by atoms with van der Waals surface area (Å²) in [4.78, 5) is 13.1. The highest BCUT2D eigenvalue weighted by Crippen LogP contribution is 2.44. The van der Waals surface area contributed by atoms with Crippen molar-refractivity contribution in [2.45, 2.75) is 26.7 Å². The van der Waals surface area contributed by atoms with Gasteiger partial charge in [0.25, 0.3) is 0 Å². The molecule has 2 aromatic carbocycles. The van der Waals surface area contributed by atoms with Gasteiger partial charge in [0, 0.05) is 29.9 Å². The van der Waals surface area contributed by atoms with Crippen LogP contribution >= 0.6 is 0 Å². The second-order valence-corrected chi connectivity index (χ2v) is 6.27. The lowest BCUT2D eigenvalue weighted by molar-refractivity contribution is 0.104. The Hall–Kier alpha value is -2.82. The summed E-state index contributed by atoms with van der Waals surface area (Å²) in [6.45, 7) is 5.79. The van der Waals surface area contributed by atoms with E-state index in [9.17, 15) is 4.79 Å². The number of aromatic nitrogens is 1. The molecular weight excluding hydrogens is 314 g/mol. The Morgan fingerprint density at radius 2 is 1.88 bits per heavy atom. The van der Waals surface area contributed by atoms with Gasteiger partial charge in [0.15, 0.2) is 11.5 Å². The maximum absolute atomic E-state index is 13.1. The van der Waals surface area contributed by atoms with Gasteiger partial charge in [0.2, 0.25) is 0 Å². The first kappa shape index (κ1) is 15.7. The van der Waals surface area contributed by atoms with E-state index in [1.807, 2.05) is 37.3 Å². The van der Waals surface area contributed by atoms with E-state index in [2.05, 4.69) is 22.7 Å². The van der Waals surface area contributed by atoms with Crippen LogP contribution in [0.4, 0.5) is 11.4 Å². The maximum Gasteiger partial charge on any atom is 0.196 e. The van der Waals surface area contributed by atoms with Crippen LogP contribution in [0.5, 0.6) is 0 Å². The highest BCUT2D eigenvalue weighted by molar-refractivity contribution is 6.28. The summed E-state index contributed by atoms with van der Waals surface area (Å²) < 4.78 is 5.68. The summed E-state index contributed by atoms with van der Waals surface area (Å²) in [6.07, 6.45) is 2.19. The second kappa shape index (κ2) is 6.24. The van der Waals surface area contributed by atoms with Crippen molar-refractivity contribution in [3.05, 3.63) is 41.5 Å². The number of nitrogens with one attached hydrogen (secondary N) is 2. The van der Waals surface area contributed by atoms with Gasteiger partial charge in [-0.1, -0.05) is 42.8 Å². The molecule has 25 heavy (non-hydrogen) atoms. The lowest BCUT2D eigenvalue weighted by Gasteiger charge is -2.19. The molecule has 0 spiro atoms. The van der Waals surface area contributed by atoms with E-state index < -0.39 is 0 Å². The average molecular weight is 335 g/mol. The Kier molecular flexibility index (Phi) is 3.92. The fourth-order valence-corrected chi connectivity index (χ4v) is 3.42. The maximum atomic E-state index is 13.1. The minimum atomic E-state index is 0.0207. The van der Waals surface area contributed by atoms with E-state index in [0.29, 0.717) is 16.9 Å². The molecule has 0 radical (unpaired) electrons. The molecule has 0 aliphatic heterocycles. The minimum Gasteiger partial charge on any atom is -0.385 e. The van der Waals surface area contributed by atoms with E-state index in [0.717, 1.165) is 53.8 Å². The van der Waals surface area contributed by atoms with Crippen LogP contribution in [0, 0.1) is 0 Å². The van der Waals surface area contributed by atoms with Crippen LogP contribution in [0.3, 0.4) is 0 Å². The van der Waals surface area contributed by atoms with Gasteiger partial charge < -0.3 is 15.2 Å². The van der Waals surface area contributed by atoms with Gasteiger partial charge in [0.05, 0.1) is 16.6 Å². The van der Waals surface area contributed by atoms with E-state index in [4.69, 9.17) is 4.52 Å². The van der Waals surface area contributed by atoms with Crippen LogP contribution in [-0.2, 0) is 0 Å². The number of hydrogen-bond donors (Lipinski definition) is 2. The number of carbonyl (C=O) groups is 1. The molecule has 0 fully saturated rings. The smallest absolute Gasteiger partial charge is 0.196 e. The molecule has 1 aliphatic carbocycles. The highest BCUT2D eigenvalue weighted by atomic mass is 16.5. The third-order valence-electron chi connectivity index (χ3n) is 4.61. The van der Waals surface area contributed by atoms with Crippen LogP contribution in [0.15, 0.2) is 34.9 Å². The van der Waals surface area contributed by atoms with Crippen LogP contribution in [0.1, 0.15) is 42.6 Å². The Balaban J connectivity index is 1.97. The Morgan fingerprint density at radius 3 is 2.64 bits per heavy atom. The minimum absolute atomic E-state index is 0.0207. The fourth-order valence-electron chi connectivity index (χ4n) is 3.42. The molecule has 0 atom stereocenters. The zero-order valence-corrected chi connectivity index (χ0v) is 14.5. The molecule has 0 unspecified atom stereocenters. The van der Waals surface area contributed by atoms with Crippen LogP contribution in [0.2, 0.25) is 0 Å². The van der Waals surface area contributed by atoms with Gasteiger partial charge >= 0.3 is 0 Å². The molecular formula is C20H21N3O2. The van der Waals surface area contributed by atoms with Crippen molar-refractivity contribution in [1.82, 2.24) is 5.16 Å². The molecule has 0 amide bonds. The summed E-state index contributed by atoms with van der Waals surface area (Å²) in [6, 6.07) is 9.54. The third-order valence-corrected chi connectivity index (χ3v) is 4.61. The van der Waals surface area contributed by atoms with Crippen molar-refractivity contribution in [2.75, 3.05) is 23.7 Å².